The van der Waals surface area contributed by atoms with E-state index in [0.717, 1.165) is 24.2 Å². The minimum absolute atomic E-state index is 0.212. The summed E-state index contributed by atoms with van der Waals surface area (Å²) in [4.78, 5) is 17.2. The van der Waals surface area contributed by atoms with E-state index in [1.165, 1.54) is 22.3 Å². The van der Waals surface area contributed by atoms with Crippen molar-refractivity contribution < 1.29 is 0 Å². The van der Waals surface area contributed by atoms with Crippen LogP contribution in [-0.4, -0.2) is 19.9 Å². The number of rotatable bonds is 4. The Balaban J connectivity index is 1.75. The molecule has 27 heavy (non-hydrogen) atoms. The second-order valence-corrected chi connectivity index (χ2v) is 6.93. The van der Waals surface area contributed by atoms with Crippen molar-refractivity contribution in [2.75, 3.05) is 0 Å². The predicted octanol–water partition coefficient (Wildman–Crippen LogP) is 4.02. The molecule has 0 N–H and O–H groups in total. The maximum Gasteiger partial charge on any atom is 0.115 e. The Hall–Kier alpha value is -3.40. The van der Waals surface area contributed by atoms with E-state index in [1.54, 1.807) is 12.7 Å². The SMILES string of the molecule is c1ccc2c(c1)-c1ccccc1C2(Cc1ccncn1)Cc1ccncn1. The molecule has 130 valence electrons. The van der Waals surface area contributed by atoms with Crippen molar-refractivity contribution in [3.63, 3.8) is 0 Å². The molecule has 2 aromatic heterocycles. The van der Waals surface area contributed by atoms with Crippen molar-refractivity contribution in [1.82, 2.24) is 19.9 Å². The zero-order valence-electron chi connectivity index (χ0n) is 14.8. The monoisotopic (exact) mass is 350 g/mol. The number of aromatic nitrogens is 4. The lowest BCUT2D eigenvalue weighted by atomic mass is 9.71. The molecule has 0 unspecified atom stereocenters. The zero-order chi connectivity index (χ0) is 18.1. The summed E-state index contributed by atoms with van der Waals surface area (Å²) in [5, 5.41) is 0. The molecular formula is C23H18N4. The van der Waals surface area contributed by atoms with Gasteiger partial charge < -0.3 is 0 Å². The van der Waals surface area contributed by atoms with Gasteiger partial charge in [-0.2, -0.15) is 0 Å². The molecule has 1 aliphatic carbocycles. The fraction of sp³-hybridized carbons (Fsp3) is 0.130. The molecule has 0 saturated heterocycles. The summed E-state index contributed by atoms with van der Waals surface area (Å²) < 4.78 is 0. The van der Waals surface area contributed by atoms with Gasteiger partial charge in [0.25, 0.3) is 0 Å². The van der Waals surface area contributed by atoms with Gasteiger partial charge >= 0.3 is 0 Å². The van der Waals surface area contributed by atoms with Crippen LogP contribution in [0.15, 0.2) is 85.7 Å². The van der Waals surface area contributed by atoms with Crippen molar-refractivity contribution in [3.05, 3.63) is 108 Å². The lowest BCUT2D eigenvalue weighted by Crippen LogP contribution is -2.32. The summed E-state index contributed by atoms with van der Waals surface area (Å²) in [5.74, 6) is 0. The van der Waals surface area contributed by atoms with Gasteiger partial charge in [-0.15, -0.1) is 0 Å². The number of benzene rings is 2. The second kappa shape index (κ2) is 6.40. The van der Waals surface area contributed by atoms with Gasteiger partial charge in [-0.1, -0.05) is 48.5 Å². The molecule has 2 aromatic carbocycles. The van der Waals surface area contributed by atoms with E-state index in [-0.39, 0.29) is 5.41 Å². The predicted molar refractivity (Wildman–Crippen MR) is 104 cm³/mol. The molecule has 5 rings (SSSR count). The van der Waals surface area contributed by atoms with Crippen LogP contribution < -0.4 is 0 Å². The van der Waals surface area contributed by atoms with Crippen LogP contribution in [0.25, 0.3) is 11.1 Å². The normalized spacial score (nSPS) is 13.8. The molecule has 4 aromatic rings. The fourth-order valence-electron chi connectivity index (χ4n) is 4.32. The summed E-state index contributed by atoms with van der Waals surface area (Å²) in [7, 11) is 0. The number of hydrogen-bond acceptors (Lipinski definition) is 4. The first-order valence-corrected chi connectivity index (χ1v) is 9.06. The van der Waals surface area contributed by atoms with Gasteiger partial charge in [0.05, 0.1) is 0 Å². The first kappa shape index (κ1) is 15.8. The number of nitrogens with zero attached hydrogens (tertiary/aromatic N) is 4. The molecule has 1 aliphatic rings. The Labute approximate surface area is 158 Å². The first-order chi connectivity index (χ1) is 13.4. The molecule has 0 aliphatic heterocycles. The lowest BCUT2D eigenvalue weighted by Gasteiger charge is -2.32. The van der Waals surface area contributed by atoms with Crippen molar-refractivity contribution in [2.24, 2.45) is 0 Å². The maximum atomic E-state index is 4.53. The zero-order valence-corrected chi connectivity index (χ0v) is 14.8. The Morgan fingerprint density at radius 3 is 1.52 bits per heavy atom. The minimum Gasteiger partial charge on any atom is -0.245 e. The van der Waals surface area contributed by atoms with E-state index < -0.39 is 0 Å². The Morgan fingerprint density at radius 1 is 0.593 bits per heavy atom. The van der Waals surface area contributed by atoms with Gasteiger partial charge in [-0.05, 0) is 34.4 Å². The van der Waals surface area contributed by atoms with E-state index in [9.17, 15) is 0 Å². The molecule has 0 saturated carbocycles. The van der Waals surface area contributed by atoms with Crippen LogP contribution in [-0.2, 0) is 18.3 Å². The van der Waals surface area contributed by atoms with E-state index in [2.05, 4.69) is 68.5 Å². The molecule has 0 radical (unpaired) electrons. The van der Waals surface area contributed by atoms with Crippen LogP contribution in [0.3, 0.4) is 0 Å². The number of fused-ring (bicyclic) bond motifs is 3. The highest BCUT2D eigenvalue weighted by molar-refractivity contribution is 5.81. The highest BCUT2D eigenvalue weighted by Gasteiger charge is 2.43. The van der Waals surface area contributed by atoms with Gasteiger partial charge in [0, 0.05) is 42.0 Å². The Kier molecular flexibility index (Phi) is 3.75. The third kappa shape index (κ3) is 2.61. The van der Waals surface area contributed by atoms with Crippen LogP contribution in [0.2, 0.25) is 0 Å². The van der Waals surface area contributed by atoms with Crippen LogP contribution >= 0.6 is 0 Å². The molecule has 0 amide bonds. The van der Waals surface area contributed by atoms with Crippen molar-refractivity contribution in [2.45, 2.75) is 18.3 Å². The molecule has 4 heteroatoms. The molecule has 4 nitrogen and oxygen atoms in total. The van der Waals surface area contributed by atoms with Gasteiger partial charge in [-0.25, -0.2) is 19.9 Å². The summed E-state index contributed by atoms with van der Waals surface area (Å²) in [6, 6.07) is 21.4. The smallest absolute Gasteiger partial charge is 0.115 e. The minimum atomic E-state index is -0.212. The molecule has 2 heterocycles. The van der Waals surface area contributed by atoms with E-state index in [0.29, 0.717) is 0 Å². The quantitative estimate of drug-likeness (QED) is 0.558. The Morgan fingerprint density at radius 2 is 1.07 bits per heavy atom. The molecular weight excluding hydrogens is 332 g/mol. The van der Waals surface area contributed by atoms with Crippen LogP contribution in [0.4, 0.5) is 0 Å². The summed E-state index contributed by atoms with van der Waals surface area (Å²) in [6.07, 6.45) is 8.48. The highest BCUT2D eigenvalue weighted by atomic mass is 14.8. The molecule has 0 spiro atoms. The average Bonchev–Trinajstić information content (AvgIpc) is 3.00. The third-order valence-corrected chi connectivity index (χ3v) is 5.43. The van der Waals surface area contributed by atoms with E-state index in [1.807, 2.05) is 24.5 Å². The van der Waals surface area contributed by atoms with Gasteiger partial charge in [-0.3, -0.25) is 0 Å². The fourth-order valence-corrected chi connectivity index (χ4v) is 4.32. The van der Waals surface area contributed by atoms with Crippen LogP contribution in [0, 0.1) is 0 Å². The molecule has 0 fully saturated rings. The number of hydrogen-bond donors (Lipinski definition) is 0. The summed E-state index contributed by atoms with van der Waals surface area (Å²) in [6.45, 7) is 0. The summed E-state index contributed by atoms with van der Waals surface area (Å²) >= 11 is 0. The largest absolute Gasteiger partial charge is 0.245 e. The first-order valence-electron chi connectivity index (χ1n) is 9.06. The second-order valence-electron chi connectivity index (χ2n) is 6.93. The van der Waals surface area contributed by atoms with Gasteiger partial charge in [0.15, 0.2) is 0 Å². The van der Waals surface area contributed by atoms with E-state index in [4.69, 9.17) is 0 Å². The van der Waals surface area contributed by atoms with Gasteiger partial charge in [0.2, 0.25) is 0 Å². The van der Waals surface area contributed by atoms with Crippen molar-refractivity contribution in [3.8, 4) is 11.1 Å². The van der Waals surface area contributed by atoms with E-state index >= 15 is 0 Å². The maximum absolute atomic E-state index is 4.53. The summed E-state index contributed by atoms with van der Waals surface area (Å²) in [5.41, 5.74) is 7.13. The third-order valence-electron chi connectivity index (χ3n) is 5.43. The average molecular weight is 350 g/mol. The lowest BCUT2D eigenvalue weighted by molar-refractivity contribution is 0.506. The highest BCUT2D eigenvalue weighted by Crippen LogP contribution is 2.51. The molecule has 0 bridgehead atoms. The Bertz CT molecular complexity index is 989. The van der Waals surface area contributed by atoms with Crippen LogP contribution in [0.5, 0.6) is 0 Å². The van der Waals surface area contributed by atoms with Gasteiger partial charge in [0.1, 0.15) is 12.7 Å². The van der Waals surface area contributed by atoms with Crippen molar-refractivity contribution in [1.29, 1.82) is 0 Å². The van der Waals surface area contributed by atoms with Crippen molar-refractivity contribution >= 4 is 0 Å². The standard InChI is InChI=1S/C23H18N4/c1-3-7-21-19(5-1)20-6-2-4-8-22(20)23(21,13-17-9-11-24-15-26-17)14-18-10-12-25-16-27-18/h1-12,15-16H,13-14H2. The van der Waals surface area contributed by atoms with Crippen LogP contribution in [0.1, 0.15) is 22.5 Å². The topological polar surface area (TPSA) is 51.6 Å². The molecule has 0 atom stereocenters.